The van der Waals surface area contributed by atoms with Crippen molar-refractivity contribution in [3.63, 3.8) is 0 Å². The first-order chi connectivity index (χ1) is 5.04. The molecule has 0 aromatic heterocycles. The van der Waals surface area contributed by atoms with Crippen LogP contribution >= 0.6 is 0 Å². The molecule has 0 fully saturated rings. The molecule has 1 aromatic carbocycles. The number of rotatable bonds is 0. The zero-order valence-electron chi connectivity index (χ0n) is 6.21. The van der Waals surface area contributed by atoms with E-state index in [1.54, 1.807) is 0 Å². The van der Waals surface area contributed by atoms with Gasteiger partial charge < -0.3 is 0 Å². The van der Waals surface area contributed by atoms with Crippen LogP contribution in [0.3, 0.4) is 0 Å². The van der Waals surface area contributed by atoms with Crippen molar-refractivity contribution in [3.05, 3.63) is 34.6 Å². The van der Waals surface area contributed by atoms with Gasteiger partial charge in [-0.25, -0.2) is 13.2 Å². The Morgan fingerprint density at radius 1 is 0.909 bits per heavy atom. The Hall–Kier alpha value is -0.990. The lowest BCUT2D eigenvalue weighted by atomic mass is 10.1. The van der Waals surface area contributed by atoms with Crippen molar-refractivity contribution in [2.24, 2.45) is 0 Å². The van der Waals surface area contributed by atoms with Gasteiger partial charge in [0.1, 0.15) is 5.82 Å². The number of benzene rings is 1. The van der Waals surface area contributed by atoms with Crippen LogP contribution in [0.25, 0.3) is 0 Å². The molecule has 1 aromatic rings. The Morgan fingerprint density at radius 2 is 1.45 bits per heavy atom. The summed E-state index contributed by atoms with van der Waals surface area (Å²) in [5.41, 5.74) is 0.186. The topological polar surface area (TPSA) is 0 Å². The first-order valence-corrected chi connectivity index (χ1v) is 3.14. The van der Waals surface area contributed by atoms with Crippen molar-refractivity contribution in [3.8, 4) is 0 Å². The molecule has 11 heavy (non-hydrogen) atoms. The molecule has 0 radical (unpaired) electrons. The minimum Gasteiger partial charge on any atom is -0.207 e. The van der Waals surface area contributed by atoms with Gasteiger partial charge in [-0.15, -0.1) is 0 Å². The highest BCUT2D eigenvalue weighted by molar-refractivity contribution is 5.28. The fourth-order valence-corrected chi connectivity index (χ4v) is 0.806. The monoisotopic (exact) mass is 160 g/mol. The molecule has 0 amide bonds. The van der Waals surface area contributed by atoms with Gasteiger partial charge >= 0.3 is 0 Å². The molecule has 0 spiro atoms. The minimum atomic E-state index is -1.13. The number of halogens is 3. The van der Waals surface area contributed by atoms with Crippen LogP contribution < -0.4 is 0 Å². The Bertz CT molecular complexity index is 266. The van der Waals surface area contributed by atoms with E-state index in [0.717, 1.165) is 0 Å². The lowest BCUT2D eigenvalue weighted by Crippen LogP contribution is -1.96. The van der Waals surface area contributed by atoms with E-state index >= 15 is 0 Å². The predicted molar refractivity (Wildman–Crippen MR) is 35.8 cm³/mol. The number of hydrogen-bond acceptors (Lipinski definition) is 0. The van der Waals surface area contributed by atoms with E-state index in [4.69, 9.17) is 0 Å². The Morgan fingerprint density at radius 3 is 2.00 bits per heavy atom. The molecule has 0 N–H and O–H groups in total. The zero-order valence-corrected chi connectivity index (χ0v) is 6.21. The molecule has 0 bridgehead atoms. The normalized spacial score (nSPS) is 10.3. The fraction of sp³-hybridized carbons (Fsp3) is 0.250. The van der Waals surface area contributed by atoms with Gasteiger partial charge in [0, 0.05) is 6.07 Å². The maximum atomic E-state index is 12.6. The standard InChI is InChI=1S/C8H7F3/c1-4-5(2)8(11)7(10)3-6(4)9/h3H,1-2H3. The van der Waals surface area contributed by atoms with Crippen LogP contribution in [0.5, 0.6) is 0 Å². The Labute approximate surface area is 62.7 Å². The molecule has 0 nitrogen and oxygen atoms in total. The van der Waals surface area contributed by atoms with Crippen molar-refractivity contribution in [1.82, 2.24) is 0 Å². The maximum absolute atomic E-state index is 12.6. The van der Waals surface area contributed by atoms with Gasteiger partial charge in [-0.3, -0.25) is 0 Å². The van der Waals surface area contributed by atoms with E-state index in [9.17, 15) is 13.2 Å². The van der Waals surface area contributed by atoms with E-state index in [0.29, 0.717) is 6.07 Å². The molecule has 0 unspecified atom stereocenters. The summed E-state index contributed by atoms with van der Waals surface area (Å²) in [4.78, 5) is 0. The lowest BCUT2D eigenvalue weighted by Gasteiger charge is -2.02. The summed E-state index contributed by atoms with van der Waals surface area (Å²) in [6, 6.07) is 0.553. The van der Waals surface area contributed by atoms with E-state index < -0.39 is 17.5 Å². The second kappa shape index (κ2) is 2.57. The second-order valence-corrected chi connectivity index (χ2v) is 2.40. The summed E-state index contributed by atoms with van der Waals surface area (Å²) in [7, 11) is 0. The molecule has 0 aliphatic heterocycles. The molecule has 3 heteroatoms. The third kappa shape index (κ3) is 1.23. The van der Waals surface area contributed by atoms with Crippen molar-refractivity contribution < 1.29 is 13.2 Å². The summed E-state index contributed by atoms with van der Waals surface area (Å²) in [6.07, 6.45) is 0. The molecular weight excluding hydrogens is 153 g/mol. The maximum Gasteiger partial charge on any atom is 0.162 e. The largest absolute Gasteiger partial charge is 0.207 e. The molecular formula is C8H7F3. The van der Waals surface area contributed by atoms with Crippen molar-refractivity contribution >= 4 is 0 Å². The average Bonchev–Trinajstić information content (AvgIpc) is 1.97. The summed E-state index contributed by atoms with van der Waals surface area (Å²) in [5.74, 6) is -2.81. The van der Waals surface area contributed by atoms with Gasteiger partial charge in [-0.1, -0.05) is 0 Å². The highest BCUT2D eigenvalue weighted by Gasteiger charge is 2.11. The fourth-order valence-electron chi connectivity index (χ4n) is 0.806. The molecule has 0 heterocycles. The molecule has 0 aliphatic carbocycles. The van der Waals surface area contributed by atoms with Crippen LogP contribution in [0.15, 0.2) is 6.07 Å². The highest BCUT2D eigenvalue weighted by Crippen LogP contribution is 2.17. The molecule has 0 aliphatic rings. The second-order valence-electron chi connectivity index (χ2n) is 2.40. The van der Waals surface area contributed by atoms with E-state index in [1.807, 2.05) is 0 Å². The van der Waals surface area contributed by atoms with Gasteiger partial charge in [0.15, 0.2) is 11.6 Å². The molecule has 0 saturated heterocycles. The van der Waals surface area contributed by atoms with Crippen molar-refractivity contribution in [2.45, 2.75) is 13.8 Å². The molecule has 1 rings (SSSR count). The van der Waals surface area contributed by atoms with Gasteiger partial charge in [0.05, 0.1) is 0 Å². The first kappa shape index (κ1) is 8.11. The summed E-state index contributed by atoms with van der Waals surface area (Å²) < 4.78 is 37.6. The lowest BCUT2D eigenvalue weighted by molar-refractivity contribution is 0.486. The quantitative estimate of drug-likeness (QED) is 0.512. The van der Waals surface area contributed by atoms with Crippen LogP contribution in [0.1, 0.15) is 11.1 Å². The summed E-state index contributed by atoms with van der Waals surface area (Å²) in [5, 5.41) is 0. The van der Waals surface area contributed by atoms with Crippen LogP contribution in [0, 0.1) is 31.3 Å². The average molecular weight is 160 g/mol. The van der Waals surface area contributed by atoms with E-state index in [-0.39, 0.29) is 11.1 Å². The smallest absolute Gasteiger partial charge is 0.162 e. The predicted octanol–water partition coefficient (Wildman–Crippen LogP) is 2.72. The number of hydrogen-bond donors (Lipinski definition) is 0. The molecule has 0 saturated carbocycles. The van der Waals surface area contributed by atoms with Crippen LogP contribution in [0.2, 0.25) is 0 Å². The van der Waals surface area contributed by atoms with Crippen LogP contribution in [-0.2, 0) is 0 Å². The van der Waals surface area contributed by atoms with Crippen molar-refractivity contribution in [2.75, 3.05) is 0 Å². The minimum absolute atomic E-state index is 0.0301. The van der Waals surface area contributed by atoms with Gasteiger partial charge in [0.2, 0.25) is 0 Å². The van der Waals surface area contributed by atoms with E-state index in [1.165, 1.54) is 13.8 Å². The SMILES string of the molecule is Cc1c(F)cc(F)c(F)c1C. The molecule has 0 atom stereocenters. The third-order valence-corrected chi connectivity index (χ3v) is 1.71. The van der Waals surface area contributed by atoms with Crippen LogP contribution in [-0.4, -0.2) is 0 Å². The molecule has 60 valence electrons. The van der Waals surface area contributed by atoms with Gasteiger partial charge in [-0.2, -0.15) is 0 Å². The van der Waals surface area contributed by atoms with Crippen molar-refractivity contribution in [1.29, 1.82) is 0 Å². The van der Waals surface area contributed by atoms with Crippen LogP contribution in [0.4, 0.5) is 13.2 Å². The zero-order chi connectivity index (χ0) is 8.59. The first-order valence-electron chi connectivity index (χ1n) is 3.14. The highest BCUT2D eigenvalue weighted by atomic mass is 19.2. The Balaban J connectivity index is 3.46. The van der Waals surface area contributed by atoms with Gasteiger partial charge in [0.25, 0.3) is 0 Å². The van der Waals surface area contributed by atoms with Gasteiger partial charge in [-0.05, 0) is 25.0 Å². The summed E-state index contributed by atoms with van der Waals surface area (Å²) in [6.45, 7) is 2.75. The third-order valence-electron chi connectivity index (χ3n) is 1.71. The van der Waals surface area contributed by atoms with E-state index in [2.05, 4.69) is 0 Å². The Kier molecular flexibility index (Phi) is 1.89. The summed E-state index contributed by atoms with van der Waals surface area (Å²) >= 11 is 0.